The minimum absolute atomic E-state index is 0.236. The van der Waals surface area contributed by atoms with E-state index in [-0.39, 0.29) is 23.6 Å². The standard InChI is InChI=1S/C15H22O3/c1-2-13(17)18-15-8-11-5-12(9-15)7-14(6-11,10-15)3-4-16/h2,11-12,16H,1,3-10H2. The summed E-state index contributed by atoms with van der Waals surface area (Å²) in [5.74, 6) is 1.10. The van der Waals surface area contributed by atoms with E-state index in [2.05, 4.69) is 6.58 Å². The Hall–Kier alpha value is -0.830. The van der Waals surface area contributed by atoms with E-state index >= 15 is 0 Å². The fraction of sp³-hybridized carbons (Fsp3) is 0.800. The third kappa shape index (κ3) is 1.89. The fourth-order valence-corrected chi connectivity index (χ4v) is 5.27. The lowest BCUT2D eigenvalue weighted by atomic mass is 9.47. The summed E-state index contributed by atoms with van der Waals surface area (Å²) >= 11 is 0. The first-order valence-electron chi connectivity index (χ1n) is 7.05. The molecule has 4 saturated carbocycles. The van der Waals surface area contributed by atoms with Crippen LogP contribution < -0.4 is 0 Å². The molecule has 1 N–H and O–H groups in total. The van der Waals surface area contributed by atoms with Gasteiger partial charge in [0.15, 0.2) is 0 Å². The van der Waals surface area contributed by atoms with Crippen molar-refractivity contribution in [2.75, 3.05) is 6.61 Å². The minimum atomic E-state index is -0.281. The van der Waals surface area contributed by atoms with Crippen molar-refractivity contribution in [2.24, 2.45) is 17.3 Å². The lowest BCUT2D eigenvalue weighted by Gasteiger charge is -2.61. The molecule has 4 fully saturated rings. The second-order valence-electron chi connectivity index (χ2n) is 6.74. The normalized spacial score (nSPS) is 44.9. The number of aliphatic hydroxyl groups excluding tert-OH is 1. The molecular weight excluding hydrogens is 228 g/mol. The molecule has 0 aromatic rings. The Morgan fingerprint density at radius 2 is 2.00 bits per heavy atom. The van der Waals surface area contributed by atoms with Gasteiger partial charge in [-0.1, -0.05) is 6.58 Å². The van der Waals surface area contributed by atoms with E-state index in [9.17, 15) is 9.90 Å². The molecule has 4 aliphatic carbocycles. The summed E-state index contributed by atoms with van der Waals surface area (Å²) in [6, 6.07) is 0. The van der Waals surface area contributed by atoms with Gasteiger partial charge in [-0.25, -0.2) is 4.79 Å². The Balaban J connectivity index is 1.84. The number of aliphatic hydroxyl groups is 1. The number of carbonyl (C=O) groups is 1. The van der Waals surface area contributed by atoms with Crippen molar-refractivity contribution in [3.05, 3.63) is 12.7 Å². The molecule has 2 unspecified atom stereocenters. The van der Waals surface area contributed by atoms with Crippen molar-refractivity contribution in [3.8, 4) is 0 Å². The van der Waals surface area contributed by atoms with Crippen LogP contribution in [0.2, 0.25) is 0 Å². The fourth-order valence-electron chi connectivity index (χ4n) is 5.27. The highest BCUT2D eigenvalue weighted by atomic mass is 16.6. The predicted octanol–water partition coefficient (Wildman–Crippen LogP) is 2.44. The molecule has 0 aliphatic heterocycles. The largest absolute Gasteiger partial charge is 0.456 e. The Kier molecular flexibility index (Phi) is 2.77. The summed E-state index contributed by atoms with van der Waals surface area (Å²) in [4.78, 5) is 11.6. The molecule has 3 nitrogen and oxygen atoms in total. The maximum Gasteiger partial charge on any atom is 0.330 e. The van der Waals surface area contributed by atoms with Gasteiger partial charge in [-0.3, -0.25) is 0 Å². The Morgan fingerprint density at radius 3 is 2.56 bits per heavy atom. The van der Waals surface area contributed by atoms with Gasteiger partial charge in [-0.05, 0) is 62.2 Å². The average molecular weight is 250 g/mol. The van der Waals surface area contributed by atoms with E-state index in [4.69, 9.17) is 4.74 Å². The number of carbonyl (C=O) groups excluding carboxylic acids is 1. The second kappa shape index (κ2) is 4.09. The van der Waals surface area contributed by atoms with E-state index in [1.165, 1.54) is 25.3 Å². The Morgan fingerprint density at radius 1 is 1.33 bits per heavy atom. The van der Waals surface area contributed by atoms with Crippen LogP contribution in [0.15, 0.2) is 12.7 Å². The van der Waals surface area contributed by atoms with Gasteiger partial charge < -0.3 is 9.84 Å². The number of hydrogen-bond donors (Lipinski definition) is 1. The average Bonchev–Trinajstić information content (AvgIpc) is 2.26. The summed E-state index contributed by atoms with van der Waals surface area (Å²) in [5.41, 5.74) is -0.00912. The van der Waals surface area contributed by atoms with Gasteiger partial charge in [0.25, 0.3) is 0 Å². The number of ether oxygens (including phenoxy) is 1. The maximum absolute atomic E-state index is 11.6. The zero-order chi connectivity index (χ0) is 12.8. The first-order chi connectivity index (χ1) is 8.59. The first-order valence-corrected chi connectivity index (χ1v) is 7.05. The third-order valence-electron chi connectivity index (χ3n) is 5.25. The van der Waals surface area contributed by atoms with E-state index in [0.717, 1.165) is 25.7 Å². The molecule has 0 saturated heterocycles. The topological polar surface area (TPSA) is 46.5 Å². The van der Waals surface area contributed by atoms with Gasteiger partial charge in [-0.15, -0.1) is 0 Å². The molecule has 0 heterocycles. The monoisotopic (exact) mass is 250 g/mol. The molecule has 0 aromatic carbocycles. The summed E-state index contributed by atoms with van der Waals surface area (Å²) in [6.07, 6.45) is 8.87. The smallest absolute Gasteiger partial charge is 0.330 e. The van der Waals surface area contributed by atoms with Gasteiger partial charge in [0.05, 0.1) is 0 Å². The molecular formula is C15H22O3. The highest BCUT2D eigenvalue weighted by Gasteiger charge is 2.59. The SMILES string of the molecule is C=CC(=O)OC12CC3CC(CC(CCO)(C3)C1)C2. The molecule has 0 spiro atoms. The lowest BCUT2D eigenvalue weighted by Crippen LogP contribution is -2.57. The molecule has 0 aromatic heterocycles. The molecule has 4 bridgehead atoms. The number of rotatable bonds is 4. The predicted molar refractivity (Wildman–Crippen MR) is 67.8 cm³/mol. The quantitative estimate of drug-likeness (QED) is 0.615. The van der Waals surface area contributed by atoms with Crippen LogP contribution in [0.4, 0.5) is 0 Å². The number of hydrogen-bond acceptors (Lipinski definition) is 3. The van der Waals surface area contributed by atoms with Gasteiger partial charge in [-0.2, -0.15) is 0 Å². The van der Waals surface area contributed by atoms with Crippen molar-refractivity contribution in [3.63, 3.8) is 0 Å². The van der Waals surface area contributed by atoms with Gasteiger partial charge in [0.1, 0.15) is 5.60 Å². The number of esters is 1. The highest BCUT2D eigenvalue weighted by Crippen LogP contribution is 2.63. The molecule has 0 amide bonds. The van der Waals surface area contributed by atoms with E-state index in [1.807, 2.05) is 0 Å². The zero-order valence-electron chi connectivity index (χ0n) is 10.9. The van der Waals surface area contributed by atoms with Crippen LogP contribution >= 0.6 is 0 Å². The van der Waals surface area contributed by atoms with E-state index in [1.54, 1.807) is 0 Å². The maximum atomic E-state index is 11.6. The van der Waals surface area contributed by atoms with Crippen molar-refractivity contribution in [1.82, 2.24) is 0 Å². The zero-order valence-corrected chi connectivity index (χ0v) is 10.9. The van der Waals surface area contributed by atoms with Crippen LogP contribution in [-0.4, -0.2) is 23.3 Å². The second-order valence-corrected chi connectivity index (χ2v) is 6.74. The van der Waals surface area contributed by atoms with Crippen LogP contribution in [0.1, 0.15) is 44.9 Å². The summed E-state index contributed by atoms with van der Waals surface area (Å²) in [7, 11) is 0. The van der Waals surface area contributed by atoms with Crippen molar-refractivity contribution in [1.29, 1.82) is 0 Å². The lowest BCUT2D eigenvalue weighted by molar-refractivity contribution is -0.199. The molecule has 18 heavy (non-hydrogen) atoms. The van der Waals surface area contributed by atoms with Crippen LogP contribution in [-0.2, 0) is 9.53 Å². The Labute approximate surface area is 108 Å². The third-order valence-corrected chi connectivity index (χ3v) is 5.25. The summed E-state index contributed by atoms with van der Waals surface area (Å²) in [5, 5.41) is 9.31. The summed E-state index contributed by atoms with van der Waals surface area (Å²) in [6.45, 7) is 3.75. The molecule has 3 heteroatoms. The molecule has 4 aliphatic rings. The first kappa shape index (κ1) is 12.2. The molecule has 100 valence electrons. The van der Waals surface area contributed by atoms with E-state index in [0.29, 0.717) is 11.8 Å². The van der Waals surface area contributed by atoms with E-state index < -0.39 is 0 Å². The minimum Gasteiger partial charge on any atom is -0.456 e. The van der Waals surface area contributed by atoms with Gasteiger partial charge in [0, 0.05) is 12.7 Å². The van der Waals surface area contributed by atoms with Crippen LogP contribution in [0.5, 0.6) is 0 Å². The molecule has 4 rings (SSSR count). The van der Waals surface area contributed by atoms with Crippen LogP contribution in [0.25, 0.3) is 0 Å². The highest BCUT2D eigenvalue weighted by molar-refractivity contribution is 5.81. The van der Waals surface area contributed by atoms with Crippen LogP contribution in [0, 0.1) is 17.3 Å². The molecule has 0 radical (unpaired) electrons. The van der Waals surface area contributed by atoms with Crippen molar-refractivity contribution < 1.29 is 14.6 Å². The van der Waals surface area contributed by atoms with Crippen LogP contribution in [0.3, 0.4) is 0 Å². The van der Waals surface area contributed by atoms with Gasteiger partial charge in [0.2, 0.25) is 0 Å². The molecule has 2 atom stereocenters. The van der Waals surface area contributed by atoms with Crippen molar-refractivity contribution >= 4 is 5.97 Å². The Bertz CT molecular complexity index is 360. The summed E-state index contributed by atoms with van der Waals surface area (Å²) < 4.78 is 5.73. The van der Waals surface area contributed by atoms with Gasteiger partial charge >= 0.3 is 5.97 Å². The van der Waals surface area contributed by atoms with Crippen molar-refractivity contribution in [2.45, 2.75) is 50.5 Å².